The number of carbonyl (C=O) groups is 1. The lowest BCUT2D eigenvalue weighted by Crippen LogP contribution is -2.09. The Bertz CT molecular complexity index is 618. The van der Waals surface area contributed by atoms with Crippen LogP contribution in [0.25, 0.3) is 6.08 Å². The van der Waals surface area contributed by atoms with Crippen molar-refractivity contribution in [1.82, 2.24) is 0 Å². The summed E-state index contributed by atoms with van der Waals surface area (Å²) in [4.78, 5) is 11.9. The molecule has 0 atom stereocenters. The number of hydrogen-bond acceptors (Lipinski definition) is 2. The van der Waals surface area contributed by atoms with Gasteiger partial charge in [-0.15, -0.1) is 0 Å². The second-order valence-electron chi connectivity index (χ2n) is 4.93. The first-order valence-electron chi connectivity index (χ1n) is 6.94. The molecule has 21 heavy (non-hydrogen) atoms. The molecule has 1 amide bonds. The van der Waals surface area contributed by atoms with Gasteiger partial charge in [0.25, 0.3) is 0 Å². The largest absolute Gasteiger partial charge is 0.491 e. The van der Waals surface area contributed by atoms with Crippen molar-refractivity contribution >= 4 is 17.7 Å². The molecule has 0 aliphatic rings. The van der Waals surface area contributed by atoms with Gasteiger partial charge in [0, 0.05) is 17.8 Å². The fourth-order valence-corrected chi connectivity index (χ4v) is 1.84. The minimum absolute atomic E-state index is 0.105. The fraction of sp³-hybridized carbons (Fsp3) is 0.167. The molecular weight excluding hydrogens is 262 g/mol. The Morgan fingerprint density at radius 2 is 1.86 bits per heavy atom. The maximum Gasteiger partial charge on any atom is 0.248 e. The zero-order valence-electron chi connectivity index (χ0n) is 12.2. The maximum absolute atomic E-state index is 11.9. The summed E-state index contributed by atoms with van der Waals surface area (Å²) in [5.74, 6) is 0.579. The molecule has 0 bridgehead atoms. The van der Waals surface area contributed by atoms with Crippen LogP contribution in [0.15, 0.2) is 60.7 Å². The molecule has 2 rings (SSSR count). The third-order valence-electron chi connectivity index (χ3n) is 2.70. The van der Waals surface area contributed by atoms with Crippen LogP contribution in [0.2, 0.25) is 0 Å². The van der Waals surface area contributed by atoms with Crippen LogP contribution < -0.4 is 10.1 Å². The van der Waals surface area contributed by atoms with E-state index in [4.69, 9.17) is 4.74 Å². The summed E-state index contributed by atoms with van der Waals surface area (Å²) in [6.07, 6.45) is 3.41. The minimum atomic E-state index is -0.166. The maximum atomic E-state index is 11.9. The summed E-state index contributed by atoms with van der Waals surface area (Å²) in [5, 5.41) is 2.82. The van der Waals surface area contributed by atoms with Gasteiger partial charge in [-0.1, -0.05) is 36.4 Å². The number of ether oxygens (including phenoxy) is 1. The highest BCUT2D eigenvalue weighted by molar-refractivity contribution is 6.02. The van der Waals surface area contributed by atoms with E-state index in [1.165, 1.54) is 6.08 Å². The van der Waals surface area contributed by atoms with Crippen LogP contribution in [-0.4, -0.2) is 12.0 Å². The lowest BCUT2D eigenvalue weighted by Gasteiger charge is -2.10. The van der Waals surface area contributed by atoms with Gasteiger partial charge >= 0.3 is 0 Å². The molecule has 1 N–H and O–H groups in total. The van der Waals surface area contributed by atoms with Gasteiger partial charge in [0.2, 0.25) is 5.91 Å². The third kappa shape index (κ3) is 5.15. The van der Waals surface area contributed by atoms with Crippen molar-refractivity contribution in [3.05, 3.63) is 66.2 Å². The van der Waals surface area contributed by atoms with Crippen LogP contribution in [0.1, 0.15) is 19.4 Å². The molecule has 0 saturated carbocycles. The van der Waals surface area contributed by atoms with E-state index >= 15 is 0 Å². The van der Waals surface area contributed by atoms with Crippen LogP contribution >= 0.6 is 0 Å². The van der Waals surface area contributed by atoms with Gasteiger partial charge in [0.05, 0.1) is 6.10 Å². The molecule has 0 spiro atoms. The van der Waals surface area contributed by atoms with Crippen LogP contribution in [0, 0.1) is 0 Å². The highest BCUT2D eigenvalue weighted by Gasteiger charge is 2.01. The topological polar surface area (TPSA) is 38.3 Å². The average molecular weight is 281 g/mol. The summed E-state index contributed by atoms with van der Waals surface area (Å²) in [6, 6.07) is 17.1. The van der Waals surface area contributed by atoms with E-state index in [2.05, 4.69) is 5.32 Å². The van der Waals surface area contributed by atoms with E-state index in [0.29, 0.717) is 0 Å². The Morgan fingerprint density at radius 1 is 1.10 bits per heavy atom. The monoisotopic (exact) mass is 281 g/mol. The molecule has 0 unspecified atom stereocenters. The van der Waals surface area contributed by atoms with Crippen molar-refractivity contribution in [2.45, 2.75) is 20.0 Å². The molecule has 0 radical (unpaired) electrons. The molecule has 2 aromatic rings. The average Bonchev–Trinajstić information content (AvgIpc) is 2.46. The molecule has 0 aliphatic heterocycles. The molecular formula is C18H19NO2. The number of anilines is 1. The van der Waals surface area contributed by atoms with Gasteiger partial charge < -0.3 is 10.1 Å². The molecule has 0 fully saturated rings. The number of nitrogens with one attached hydrogen (secondary N) is 1. The van der Waals surface area contributed by atoms with E-state index in [9.17, 15) is 4.79 Å². The highest BCUT2D eigenvalue weighted by Crippen LogP contribution is 2.18. The Hall–Kier alpha value is -2.55. The second kappa shape index (κ2) is 7.29. The predicted molar refractivity (Wildman–Crippen MR) is 86.3 cm³/mol. The number of benzene rings is 2. The van der Waals surface area contributed by atoms with Crippen LogP contribution in [0.3, 0.4) is 0 Å². The molecule has 3 nitrogen and oxygen atoms in total. The normalized spacial score (nSPS) is 10.8. The summed E-state index contributed by atoms with van der Waals surface area (Å²) < 4.78 is 5.60. The lowest BCUT2D eigenvalue weighted by molar-refractivity contribution is -0.111. The Morgan fingerprint density at radius 3 is 2.57 bits per heavy atom. The molecule has 0 heterocycles. The SMILES string of the molecule is CC(C)Oc1cccc(NC(=O)/C=C/c2ccccc2)c1. The van der Waals surface area contributed by atoms with Crippen molar-refractivity contribution in [2.24, 2.45) is 0 Å². The minimum Gasteiger partial charge on any atom is -0.491 e. The highest BCUT2D eigenvalue weighted by atomic mass is 16.5. The van der Waals surface area contributed by atoms with Gasteiger partial charge in [-0.2, -0.15) is 0 Å². The number of hydrogen-bond donors (Lipinski definition) is 1. The molecule has 2 aromatic carbocycles. The van der Waals surface area contributed by atoms with Gasteiger partial charge in [-0.25, -0.2) is 0 Å². The Balaban J connectivity index is 1.98. The standard InChI is InChI=1S/C18H19NO2/c1-14(2)21-17-10-6-9-16(13-17)19-18(20)12-11-15-7-4-3-5-8-15/h3-14H,1-2H3,(H,19,20)/b12-11+. The van der Waals surface area contributed by atoms with Crippen LogP contribution in [-0.2, 0) is 4.79 Å². The molecule has 0 aliphatic carbocycles. The van der Waals surface area contributed by atoms with Crippen molar-refractivity contribution in [2.75, 3.05) is 5.32 Å². The Labute approximate surface area is 125 Å². The number of rotatable bonds is 5. The summed E-state index contributed by atoms with van der Waals surface area (Å²) >= 11 is 0. The van der Waals surface area contributed by atoms with Gasteiger partial charge in [-0.05, 0) is 37.6 Å². The zero-order chi connectivity index (χ0) is 15.1. The number of amides is 1. The van der Waals surface area contributed by atoms with Gasteiger partial charge in [0.15, 0.2) is 0 Å². The second-order valence-corrected chi connectivity index (χ2v) is 4.93. The number of carbonyl (C=O) groups excluding carboxylic acids is 1. The fourth-order valence-electron chi connectivity index (χ4n) is 1.84. The van der Waals surface area contributed by atoms with E-state index in [-0.39, 0.29) is 12.0 Å². The first kappa shape index (κ1) is 14.9. The van der Waals surface area contributed by atoms with Crippen molar-refractivity contribution in [1.29, 1.82) is 0 Å². The molecule has 3 heteroatoms. The lowest BCUT2D eigenvalue weighted by atomic mass is 10.2. The van der Waals surface area contributed by atoms with E-state index < -0.39 is 0 Å². The zero-order valence-corrected chi connectivity index (χ0v) is 12.2. The molecule has 0 saturated heterocycles. The predicted octanol–water partition coefficient (Wildman–Crippen LogP) is 4.13. The molecule has 108 valence electrons. The van der Waals surface area contributed by atoms with E-state index in [0.717, 1.165) is 17.0 Å². The summed E-state index contributed by atoms with van der Waals surface area (Å²) in [5.41, 5.74) is 1.71. The van der Waals surface area contributed by atoms with Crippen LogP contribution in [0.4, 0.5) is 5.69 Å². The quantitative estimate of drug-likeness (QED) is 0.837. The third-order valence-corrected chi connectivity index (χ3v) is 2.70. The van der Waals surface area contributed by atoms with Gasteiger partial charge in [-0.3, -0.25) is 4.79 Å². The molecule has 0 aromatic heterocycles. The first-order chi connectivity index (χ1) is 10.1. The van der Waals surface area contributed by atoms with Gasteiger partial charge in [0.1, 0.15) is 5.75 Å². The van der Waals surface area contributed by atoms with Crippen molar-refractivity contribution in [3.8, 4) is 5.75 Å². The Kier molecular flexibility index (Phi) is 5.16. The van der Waals surface area contributed by atoms with Crippen LogP contribution in [0.5, 0.6) is 5.75 Å². The summed E-state index contributed by atoms with van der Waals surface area (Å²) in [6.45, 7) is 3.93. The van der Waals surface area contributed by atoms with Crippen molar-refractivity contribution in [3.63, 3.8) is 0 Å². The van der Waals surface area contributed by atoms with E-state index in [1.54, 1.807) is 6.08 Å². The van der Waals surface area contributed by atoms with Crippen molar-refractivity contribution < 1.29 is 9.53 Å². The van der Waals surface area contributed by atoms with E-state index in [1.807, 2.05) is 68.4 Å². The summed E-state index contributed by atoms with van der Waals surface area (Å²) in [7, 11) is 0. The smallest absolute Gasteiger partial charge is 0.248 e. The first-order valence-corrected chi connectivity index (χ1v) is 6.94.